The van der Waals surface area contributed by atoms with Gasteiger partial charge in [-0.05, 0) is 44.9 Å². The van der Waals surface area contributed by atoms with Crippen molar-refractivity contribution < 1.29 is 13.2 Å². The van der Waals surface area contributed by atoms with Crippen molar-refractivity contribution in [3.05, 3.63) is 23.0 Å². The lowest BCUT2D eigenvalue weighted by molar-refractivity contribution is -0.179. The summed E-state index contributed by atoms with van der Waals surface area (Å²) in [6, 6.07) is 2.02. The van der Waals surface area contributed by atoms with Crippen molar-refractivity contribution in [1.82, 2.24) is 20.2 Å². The molecule has 0 atom stereocenters. The average Bonchev–Trinajstić information content (AvgIpc) is 3.22. The second-order valence-corrected chi connectivity index (χ2v) is 8.06. The molecule has 1 saturated heterocycles. The molecule has 6 nitrogen and oxygen atoms in total. The first-order valence-electron chi connectivity index (χ1n) is 10.0. The summed E-state index contributed by atoms with van der Waals surface area (Å²) in [6.07, 6.45) is 1.28. The van der Waals surface area contributed by atoms with Crippen LogP contribution >= 0.6 is 0 Å². The van der Waals surface area contributed by atoms with Gasteiger partial charge in [0.2, 0.25) is 5.95 Å². The van der Waals surface area contributed by atoms with Crippen LogP contribution in [0.3, 0.4) is 0 Å². The van der Waals surface area contributed by atoms with Gasteiger partial charge in [0, 0.05) is 36.3 Å². The Bertz CT molecular complexity index is 865. The van der Waals surface area contributed by atoms with Crippen LogP contribution in [-0.2, 0) is 12.8 Å². The van der Waals surface area contributed by atoms with Crippen LogP contribution in [0.4, 0.5) is 30.8 Å². The number of aromatic amines is 1. The minimum Gasteiger partial charge on any atom is -0.341 e. The quantitative estimate of drug-likeness (QED) is 0.820. The van der Waals surface area contributed by atoms with Gasteiger partial charge >= 0.3 is 6.18 Å². The zero-order valence-corrected chi connectivity index (χ0v) is 15.5. The lowest BCUT2D eigenvalue weighted by Crippen LogP contribution is -2.40. The predicted molar refractivity (Wildman–Crippen MR) is 98.9 cm³/mol. The van der Waals surface area contributed by atoms with E-state index in [0.717, 1.165) is 47.8 Å². The Kier molecular flexibility index (Phi) is 4.21. The fourth-order valence-corrected chi connectivity index (χ4v) is 4.20. The Morgan fingerprint density at radius 3 is 2.57 bits per heavy atom. The molecule has 150 valence electrons. The molecule has 0 spiro atoms. The SMILES string of the molecule is FC(F)(F)C1CCN(c2nc3c(c(Nc4cc(C5CC5)[nH]n4)n2)CCC3)CC1. The molecule has 0 amide bonds. The van der Waals surface area contributed by atoms with E-state index in [1.165, 1.54) is 12.8 Å². The predicted octanol–water partition coefficient (Wildman–Crippen LogP) is 4.09. The van der Waals surface area contributed by atoms with E-state index in [4.69, 9.17) is 0 Å². The Morgan fingerprint density at radius 1 is 1.07 bits per heavy atom. The molecular formula is C19H23F3N6. The van der Waals surface area contributed by atoms with Crippen molar-refractivity contribution in [3.8, 4) is 0 Å². The van der Waals surface area contributed by atoms with E-state index < -0.39 is 12.1 Å². The fraction of sp³-hybridized carbons (Fsp3) is 0.632. The number of anilines is 3. The minimum atomic E-state index is -4.11. The average molecular weight is 392 g/mol. The van der Waals surface area contributed by atoms with Gasteiger partial charge in [0.1, 0.15) is 5.82 Å². The third-order valence-corrected chi connectivity index (χ3v) is 6.02. The molecule has 5 rings (SSSR count). The summed E-state index contributed by atoms with van der Waals surface area (Å²) in [7, 11) is 0. The van der Waals surface area contributed by atoms with E-state index in [1.807, 2.05) is 11.0 Å². The van der Waals surface area contributed by atoms with Crippen LogP contribution in [0.5, 0.6) is 0 Å². The minimum absolute atomic E-state index is 0.0941. The topological polar surface area (TPSA) is 69.7 Å². The second-order valence-electron chi connectivity index (χ2n) is 8.06. The lowest BCUT2D eigenvalue weighted by atomic mass is 9.96. The summed E-state index contributed by atoms with van der Waals surface area (Å²) in [6.45, 7) is 0.660. The summed E-state index contributed by atoms with van der Waals surface area (Å²) in [5.74, 6) is 1.37. The van der Waals surface area contributed by atoms with Gasteiger partial charge in [-0.15, -0.1) is 0 Å². The molecule has 3 aliphatic rings. The van der Waals surface area contributed by atoms with E-state index in [9.17, 15) is 13.2 Å². The zero-order valence-electron chi connectivity index (χ0n) is 15.5. The first-order chi connectivity index (χ1) is 13.5. The summed E-state index contributed by atoms with van der Waals surface area (Å²) >= 11 is 0. The fourth-order valence-electron chi connectivity index (χ4n) is 4.20. The van der Waals surface area contributed by atoms with Crippen LogP contribution in [0.25, 0.3) is 0 Å². The zero-order chi connectivity index (χ0) is 19.3. The Morgan fingerprint density at radius 2 is 1.86 bits per heavy atom. The van der Waals surface area contributed by atoms with Crippen molar-refractivity contribution >= 4 is 17.6 Å². The van der Waals surface area contributed by atoms with Crippen LogP contribution in [0.1, 0.15) is 55.0 Å². The highest BCUT2D eigenvalue weighted by Crippen LogP contribution is 2.40. The van der Waals surface area contributed by atoms with Gasteiger partial charge in [-0.2, -0.15) is 23.3 Å². The Balaban J connectivity index is 1.37. The van der Waals surface area contributed by atoms with Crippen LogP contribution in [0.15, 0.2) is 6.07 Å². The van der Waals surface area contributed by atoms with Gasteiger partial charge < -0.3 is 10.2 Å². The van der Waals surface area contributed by atoms with Crippen molar-refractivity contribution in [2.75, 3.05) is 23.3 Å². The number of aryl methyl sites for hydroxylation is 1. The summed E-state index contributed by atoms with van der Waals surface area (Å²) in [5, 5.41) is 10.7. The highest BCUT2D eigenvalue weighted by molar-refractivity contribution is 5.60. The number of aromatic nitrogens is 4. The molecule has 2 fully saturated rings. The van der Waals surface area contributed by atoms with E-state index in [1.54, 1.807) is 0 Å². The maximum atomic E-state index is 13.0. The number of H-pyrrole nitrogens is 1. The number of piperidine rings is 1. The number of fused-ring (bicyclic) bond motifs is 1. The van der Waals surface area contributed by atoms with Crippen LogP contribution in [-0.4, -0.2) is 39.4 Å². The number of alkyl halides is 3. The summed E-state index contributed by atoms with van der Waals surface area (Å²) in [4.78, 5) is 11.2. The number of nitrogens with one attached hydrogen (secondary N) is 2. The van der Waals surface area contributed by atoms with E-state index >= 15 is 0 Å². The first kappa shape index (κ1) is 17.8. The monoisotopic (exact) mass is 392 g/mol. The molecule has 2 aliphatic carbocycles. The Hall–Kier alpha value is -2.32. The summed E-state index contributed by atoms with van der Waals surface area (Å²) in [5.41, 5.74) is 3.25. The van der Waals surface area contributed by atoms with Gasteiger partial charge in [-0.3, -0.25) is 5.10 Å². The molecule has 2 aromatic rings. The molecule has 0 aromatic carbocycles. The normalized spacial score (nSPS) is 20.5. The van der Waals surface area contributed by atoms with Gasteiger partial charge in [0.25, 0.3) is 0 Å². The molecule has 1 saturated carbocycles. The molecular weight excluding hydrogens is 369 g/mol. The highest BCUT2D eigenvalue weighted by Gasteiger charge is 2.41. The molecule has 9 heteroatoms. The first-order valence-corrected chi connectivity index (χ1v) is 10.0. The lowest BCUT2D eigenvalue weighted by Gasteiger charge is -2.33. The summed E-state index contributed by atoms with van der Waals surface area (Å²) < 4.78 is 38.9. The molecule has 2 N–H and O–H groups in total. The van der Waals surface area contributed by atoms with Crippen molar-refractivity contribution in [1.29, 1.82) is 0 Å². The maximum Gasteiger partial charge on any atom is 0.391 e. The maximum absolute atomic E-state index is 13.0. The van der Waals surface area contributed by atoms with Gasteiger partial charge in [-0.1, -0.05) is 0 Å². The standard InChI is InChI=1S/C19H23F3N6/c20-19(21,22)12-6-8-28(9-7-12)18-23-14-3-1-2-13(14)17(25-18)24-16-10-15(26-27-16)11-4-5-11/h10-12H,1-9H2,(H2,23,24,25,26,27). The van der Waals surface area contributed by atoms with Crippen LogP contribution in [0.2, 0.25) is 0 Å². The third kappa shape index (κ3) is 3.42. The smallest absolute Gasteiger partial charge is 0.341 e. The van der Waals surface area contributed by atoms with Gasteiger partial charge in [-0.25, -0.2) is 4.98 Å². The largest absolute Gasteiger partial charge is 0.391 e. The van der Waals surface area contributed by atoms with Crippen molar-refractivity contribution in [3.63, 3.8) is 0 Å². The molecule has 0 bridgehead atoms. The molecule has 0 unspecified atom stereocenters. The number of hydrogen-bond donors (Lipinski definition) is 2. The molecule has 3 heterocycles. The van der Waals surface area contributed by atoms with Crippen LogP contribution < -0.4 is 10.2 Å². The van der Waals surface area contributed by atoms with E-state index in [2.05, 4.69) is 25.5 Å². The third-order valence-electron chi connectivity index (χ3n) is 6.02. The Labute approximate surface area is 160 Å². The van der Waals surface area contributed by atoms with E-state index in [-0.39, 0.29) is 12.8 Å². The molecule has 2 aromatic heterocycles. The molecule has 1 aliphatic heterocycles. The second kappa shape index (κ2) is 6.63. The van der Waals surface area contributed by atoms with Crippen molar-refractivity contribution in [2.24, 2.45) is 5.92 Å². The van der Waals surface area contributed by atoms with Gasteiger partial charge in [0.05, 0.1) is 11.6 Å². The highest BCUT2D eigenvalue weighted by atomic mass is 19.4. The molecule has 28 heavy (non-hydrogen) atoms. The van der Waals surface area contributed by atoms with E-state index in [0.29, 0.717) is 25.0 Å². The number of rotatable bonds is 4. The number of halogens is 3. The number of nitrogens with zero attached hydrogens (tertiary/aromatic N) is 4. The van der Waals surface area contributed by atoms with Crippen molar-refractivity contribution in [2.45, 2.75) is 57.0 Å². The number of hydrogen-bond acceptors (Lipinski definition) is 5. The molecule has 0 radical (unpaired) electrons. The van der Waals surface area contributed by atoms with Crippen LogP contribution in [0, 0.1) is 5.92 Å². The van der Waals surface area contributed by atoms with Gasteiger partial charge in [0.15, 0.2) is 5.82 Å².